The fourth-order valence-corrected chi connectivity index (χ4v) is 2.41. The first-order valence-electron chi connectivity index (χ1n) is 6.92. The molecule has 1 aromatic rings. The summed E-state index contributed by atoms with van der Waals surface area (Å²) in [5.41, 5.74) is 3.11. The predicted octanol–water partition coefficient (Wildman–Crippen LogP) is 4.13. The van der Waals surface area contributed by atoms with Crippen LogP contribution in [-0.2, 0) is 0 Å². The zero-order valence-corrected chi connectivity index (χ0v) is 12.0. The molecule has 98 valence electrons. The van der Waals surface area contributed by atoms with Crippen molar-refractivity contribution in [2.24, 2.45) is 5.92 Å². The Labute approximate surface area is 111 Å². The van der Waals surface area contributed by atoms with Crippen LogP contribution in [0.5, 0.6) is 0 Å². The lowest BCUT2D eigenvalue weighted by atomic mass is 10.0. The number of rotatable bonds is 6. The Morgan fingerprint density at radius 3 is 2.39 bits per heavy atom. The van der Waals surface area contributed by atoms with Crippen LogP contribution in [0.1, 0.15) is 44.7 Å². The van der Waals surface area contributed by atoms with Gasteiger partial charge in [0.1, 0.15) is 6.07 Å². The van der Waals surface area contributed by atoms with Gasteiger partial charge in [0, 0.05) is 13.1 Å². The van der Waals surface area contributed by atoms with E-state index >= 15 is 0 Å². The lowest BCUT2D eigenvalue weighted by Crippen LogP contribution is -2.30. The van der Waals surface area contributed by atoms with Gasteiger partial charge in [-0.25, -0.2) is 0 Å². The van der Waals surface area contributed by atoms with Crippen molar-refractivity contribution in [1.29, 1.82) is 5.26 Å². The van der Waals surface area contributed by atoms with Gasteiger partial charge in [-0.05, 0) is 31.4 Å². The molecule has 0 amide bonds. The minimum absolute atomic E-state index is 0.705. The fraction of sp³-hybridized carbons (Fsp3) is 0.562. The maximum absolute atomic E-state index is 9.26. The van der Waals surface area contributed by atoms with Crippen molar-refractivity contribution >= 4 is 5.69 Å². The number of hydrogen-bond donors (Lipinski definition) is 0. The van der Waals surface area contributed by atoms with Gasteiger partial charge in [-0.15, -0.1) is 0 Å². The Bertz CT molecular complexity index is 414. The second kappa shape index (κ2) is 7.06. The summed E-state index contributed by atoms with van der Waals surface area (Å²) in [5.74, 6) is 0.705. The first kappa shape index (κ1) is 14.6. The SMILES string of the molecule is CCC(CC)CN(CC)c1c(C)cccc1C#N. The summed E-state index contributed by atoms with van der Waals surface area (Å²) in [4.78, 5) is 2.35. The third kappa shape index (κ3) is 3.26. The summed E-state index contributed by atoms with van der Waals surface area (Å²) in [5, 5.41) is 9.26. The molecule has 0 bridgehead atoms. The van der Waals surface area contributed by atoms with Crippen LogP contribution in [0.25, 0.3) is 0 Å². The molecule has 0 unspecified atom stereocenters. The van der Waals surface area contributed by atoms with Crippen LogP contribution in [0.15, 0.2) is 18.2 Å². The summed E-state index contributed by atoms with van der Waals surface area (Å²) in [7, 11) is 0. The van der Waals surface area contributed by atoms with E-state index in [1.165, 1.54) is 18.4 Å². The van der Waals surface area contributed by atoms with E-state index in [0.717, 1.165) is 24.3 Å². The third-order valence-electron chi connectivity index (χ3n) is 3.69. The van der Waals surface area contributed by atoms with Crippen molar-refractivity contribution in [3.05, 3.63) is 29.3 Å². The Kier molecular flexibility index (Phi) is 5.71. The van der Waals surface area contributed by atoms with Crippen LogP contribution < -0.4 is 4.90 Å². The van der Waals surface area contributed by atoms with Gasteiger partial charge in [-0.2, -0.15) is 5.26 Å². The molecule has 0 N–H and O–H groups in total. The minimum Gasteiger partial charge on any atom is -0.370 e. The summed E-state index contributed by atoms with van der Waals surface area (Å²) < 4.78 is 0. The highest BCUT2D eigenvalue weighted by atomic mass is 15.1. The van der Waals surface area contributed by atoms with Crippen molar-refractivity contribution in [2.75, 3.05) is 18.0 Å². The number of hydrogen-bond acceptors (Lipinski definition) is 2. The molecule has 0 fully saturated rings. The number of nitriles is 1. The summed E-state index contributed by atoms with van der Waals surface area (Å²) in [6.45, 7) is 10.7. The first-order chi connectivity index (χ1) is 8.67. The Morgan fingerprint density at radius 2 is 1.89 bits per heavy atom. The molecule has 0 aliphatic rings. The van der Waals surface area contributed by atoms with Crippen LogP contribution in [0.3, 0.4) is 0 Å². The maximum atomic E-state index is 9.26. The largest absolute Gasteiger partial charge is 0.370 e. The van der Waals surface area contributed by atoms with Gasteiger partial charge < -0.3 is 4.90 Å². The van der Waals surface area contributed by atoms with Crippen LogP contribution in [-0.4, -0.2) is 13.1 Å². The van der Waals surface area contributed by atoms with Crippen molar-refractivity contribution in [3.63, 3.8) is 0 Å². The average Bonchev–Trinajstić information content (AvgIpc) is 2.41. The quantitative estimate of drug-likeness (QED) is 0.752. The molecule has 0 aliphatic heterocycles. The lowest BCUT2D eigenvalue weighted by molar-refractivity contribution is 0.485. The minimum atomic E-state index is 0.705. The molecule has 18 heavy (non-hydrogen) atoms. The molecule has 0 radical (unpaired) electrons. The van der Waals surface area contributed by atoms with Gasteiger partial charge in [0.2, 0.25) is 0 Å². The monoisotopic (exact) mass is 244 g/mol. The van der Waals surface area contributed by atoms with Crippen molar-refractivity contribution < 1.29 is 0 Å². The van der Waals surface area contributed by atoms with Gasteiger partial charge >= 0.3 is 0 Å². The van der Waals surface area contributed by atoms with Gasteiger partial charge in [0.05, 0.1) is 11.3 Å². The summed E-state index contributed by atoms with van der Waals surface area (Å²) >= 11 is 0. The predicted molar refractivity (Wildman–Crippen MR) is 77.9 cm³/mol. The second-order valence-corrected chi connectivity index (χ2v) is 4.80. The highest BCUT2D eigenvalue weighted by molar-refractivity contribution is 5.63. The molecule has 0 atom stereocenters. The molecule has 2 nitrogen and oxygen atoms in total. The Hall–Kier alpha value is -1.49. The molecule has 0 heterocycles. The first-order valence-corrected chi connectivity index (χ1v) is 6.92. The zero-order chi connectivity index (χ0) is 13.5. The number of benzene rings is 1. The van der Waals surface area contributed by atoms with E-state index in [2.05, 4.69) is 44.7 Å². The van der Waals surface area contributed by atoms with E-state index < -0.39 is 0 Å². The molecule has 0 aromatic heterocycles. The molecule has 0 aliphatic carbocycles. The van der Waals surface area contributed by atoms with Crippen molar-refractivity contribution in [1.82, 2.24) is 0 Å². The molecular formula is C16H24N2. The van der Waals surface area contributed by atoms with E-state index in [1.807, 2.05) is 12.1 Å². The van der Waals surface area contributed by atoms with Gasteiger partial charge in [0.15, 0.2) is 0 Å². The van der Waals surface area contributed by atoms with Crippen LogP contribution in [0.2, 0.25) is 0 Å². The van der Waals surface area contributed by atoms with Gasteiger partial charge in [-0.3, -0.25) is 0 Å². The topological polar surface area (TPSA) is 27.0 Å². The highest BCUT2D eigenvalue weighted by Gasteiger charge is 2.15. The van der Waals surface area contributed by atoms with Crippen LogP contribution >= 0.6 is 0 Å². The standard InChI is InChI=1S/C16H24N2/c1-5-14(6-2)12-18(7-3)16-13(4)9-8-10-15(16)11-17/h8-10,14H,5-7,12H2,1-4H3. The van der Waals surface area contributed by atoms with Gasteiger partial charge in [0.25, 0.3) is 0 Å². The Balaban J connectivity index is 3.05. The number of para-hydroxylation sites is 1. The number of aryl methyl sites for hydroxylation is 1. The molecule has 1 rings (SSSR count). The smallest absolute Gasteiger partial charge is 0.101 e. The lowest BCUT2D eigenvalue weighted by Gasteiger charge is -2.29. The van der Waals surface area contributed by atoms with E-state index in [-0.39, 0.29) is 0 Å². The molecular weight excluding hydrogens is 220 g/mol. The van der Waals surface area contributed by atoms with E-state index in [1.54, 1.807) is 0 Å². The maximum Gasteiger partial charge on any atom is 0.101 e. The van der Waals surface area contributed by atoms with Crippen LogP contribution in [0, 0.1) is 24.2 Å². The highest BCUT2D eigenvalue weighted by Crippen LogP contribution is 2.26. The average molecular weight is 244 g/mol. The van der Waals surface area contributed by atoms with Crippen LogP contribution in [0.4, 0.5) is 5.69 Å². The summed E-state index contributed by atoms with van der Waals surface area (Å²) in [6, 6.07) is 8.28. The second-order valence-electron chi connectivity index (χ2n) is 4.80. The molecule has 0 saturated heterocycles. The number of nitrogens with zero attached hydrogens (tertiary/aromatic N) is 2. The van der Waals surface area contributed by atoms with Gasteiger partial charge in [-0.1, -0.05) is 38.8 Å². The molecule has 2 heteroatoms. The summed E-state index contributed by atoms with van der Waals surface area (Å²) in [6.07, 6.45) is 2.39. The molecule has 0 spiro atoms. The Morgan fingerprint density at radius 1 is 1.22 bits per heavy atom. The van der Waals surface area contributed by atoms with E-state index in [4.69, 9.17) is 0 Å². The zero-order valence-electron chi connectivity index (χ0n) is 12.0. The molecule has 1 aromatic carbocycles. The van der Waals surface area contributed by atoms with E-state index in [0.29, 0.717) is 5.92 Å². The van der Waals surface area contributed by atoms with Crippen molar-refractivity contribution in [3.8, 4) is 6.07 Å². The number of anilines is 1. The van der Waals surface area contributed by atoms with E-state index in [9.17, 15) is 5.26 Å². The third-order valence-corrected chi connectivity index (χ3v) is 3.69. The van der Waals surface area contributed by atoms with Crippen molar-refractivity contribution in [2.45, 2.75) is 40.5 Å². The fourth-order valence-electron chi connectivity index (χ4n) is 2.41. The molecule has 0 saturated carbocycles. The normalized spacial score (nSPS) is 10.4.